The lowest BCUT2D eigenvalue weighted by Crippen LogP contribution is -2.23. The van der Waals surface area contributed by atoms with Crippen LogP contribution in [-0.4, -0.2) is 19.7 Å². The maximum absolute atomic E-state index is 5.73. The largest absolute Gasteiger partial charge is 0.492 e. The zero-order valence-corrected chi connectivity index (χ0v) is 11.4. The minimum Gasteiger partial charge on any atom is -0.492 e. The Morgan fingerprint density at radius 3 is 2.75 bits per heavy atom. The van der Waals surface area contributed by atoms with Crippen LogP contribution in [0.2, 0.25) is 0 Å². The molecular formula is C16H17NO3. The lowest BCUT2D eigenvalue weighted by molar-refractivity contribution is 0.415. The topological polar surface area (TPSA) is 47.5 Å². The van der Waals surface area contributed by atoms with Crippen LogP contribution in [0.25, 0.3) is 21.9 Å². The SMILES string of the molecule is COc1c2ccoc2c(CC2CCCN2)c2ccoc12. The average Bonchev–Trinajstić information content (AvgIpc) is 3.19. The molecule has 0 bridgehead atoms. The molecule has 1 N–H and O–H groups in total. The molecule has 4 nitrogen and oxygen atoms in total. The monoisotopic (exact) mass is 271 g/mol. The van der Waals surface area contributed by atoms with Crippen LogP contribution in [0.1, 0.15) is 18.4 Å². The van der Waals surface area contributed by atoms with Crippen molar-refractivity contribution in [1.82, 2.24) is 5.32 Å². The van der Waals surface area contributed by atoms with Crippen LogP contribution in [0.3, 0.4) is 0 Å². The second kappa shape index (κ2) is 4.56. The molecule has 0 aliphatic carbocycles. The van der Waals surface area contributed by atoms with Crippen molar-refractivity contribution in [3.8, 4) is 5.75 Å². The molecule has 4 heteroatoms. The second-order valence-electron chi connectivity index (χ2n) is 5.34. The molecule has 1 aromatic carbocycles. The van der Waals surface area contributed by atoms with Gasteiger partial charge in [0, 0.05) is 17.0 Å². The van der Waals surface area contributed by atoms with E-state index in [9.17, 15) is 0 Å². The van der Waals surface area contributed by atoms with Gasteiger partial charge in [0.2, 0.25) is 0 Å². The van der Waals surface area contributed by atoms with Gasteiger partial charge in [0.15, 0.2) is 11.3 Å². The second-order valence-corrected chi connectivity index (χ2v) is 5.34. The highest BCUT2D eigenvalue weighted by Crippen LogP contribution is 2.40. The molecule has 104 valence electrons. The van der Waals surface area contributed by atoms with Crippen molar-refractivity contribution in [2.75, 3.05) is 13.7 Å². The van der Waals surface area contributed by atoms with Crippen molar-refractivity contribution in [3.63, 3.8) is 0 Å². The first-order chi connectivity index (χ1) is 9.88. The Morgan fingerprint density at radius 2 is 2.00 bits per heavy atom. The van der Waals surface area contributed by atoms with E-state index in [1.807, 2.05) is 12.1 Å². The van der Waals surface area contributed by atoms with E-state index >= 15 is 0 Å². The Bertz CT molecular complexity index is 698. The van der Waals surface area contributed by atoms with Gasteiger partial charge in [0.1, 0.15) is 5.58 Å². The normalized spacial score (nSPS) is 19.1. The maximum atomic E-state index is 5.73. The molecule has 1 fully saturated rings. The molecular weight excluding hydrogens is 254 g/mol. The zero-order valence-electron chi connectivity index (χ0n) is 11.4. The molecule has 3 heterocycles. The Hall–Kier alpha value is -1.94. The summed E-state index contributed by atoms with van der Waals surface area (Å²) >= 11 is 0. The van der Waals surface area contributed by atoms with E-state index < -0.39 is 0 Å². The van der Waals surface area contributed by atoms with Gasteiger partial charge in [0.05, 0.1) is 25.0 Å². The van der Waals surface area contributed by atoms with Gasteiger partial charge in [0.25, 0.3) is 0 Å². The van der Waals surface area contributed by atoms with Crippen LogP contribution >= 0.6 is 0 Å². The first kappa shape index (κ1) is 11.9. The van der Waals surface area contributed by atoms with E-state index in [2.05, 4.69) is 5.32 Å². The van der Waals surface area contributed by atoms with Crippen molar-refractivity contribution in [1.29, 1.82) is 0 Å². The standard InChI is InChI=1S/C16H17NO3/c1-18-15-12-5-8-19-14(12)13(9-10-3-2-6-17-10)11-4-7-20-16(11)15/h4-5,7-8,10,17H,2-3,6,9H2,1H3. The van der Waals surface area contributed by atoms with Crippen LogP contribution < -0.4 is 10.1 Å². The predicted octanol–water partition coefficient (Wildman–Crippen LogP) is 3.48. The Labute approximate surface area is 116 Å². The summed E-state index contributed by atoms with van der Waals surface area (Å²) in [6.45, 7) is 1.11. The smallest absolute Gasteiger partial charge is 0.176 e. The summed E-state index contributed by atoms with van der Waals surface area (Å²) in [5.74, 6) is 0.761. The van der Waals surface area contributed by atoms with Crippen molar-refractivity contribution in [2.45, 2.75) is 25.3 Å². The van der Waals surface area contributed by atoms with E-state index in [4.69, 9.17) is 13.6 Å². The fourth-order valence-corrected chi connectivity index (χ4v) is 3.27. The minimum atomic E-state index is 0.523. The summed E-state index contributed by atoms with van der Waals surface area (Å²) in [6, 6.07) is 4.47. The van der Waals surface area contributed by atoms with Crippen LogP contribution in [-0.2, 0) is 6.42 Å². The number of nitrogens with one attached hydrogen (secondary N) is 1. The average molecular weight is 271 g/mol. The lowest BCUT2D eigenvalue weighted by atomic mass is 9.98. The number of hydrogen-bond acceptors (Lipinski definition) is 4. The fraction of sp³-hybridized carbons (Fsp3) is 0.375. The van der Waals surface area contributed by atoms with Crippen molar-refractivity contribution >= 4 is 21.9 Å². The molecule has 0 amide bonds. The van der Waals surface area contributed by atoms with Crippen LogP contribution in [0.4, 0.5) is 0 Å². The van der Waals surface area contributed by atoms with Gasteiger partial charge in [-0.05, 0) is 37.9 Å². The Kier molecular flexibility index (Phi) is 2.70. The summed E-state index contributed by atoms with van der Waals surface area (Å²) < 4.78 is 16.9. The number of furan rings is 2. The third kappa shape index (κ3) is 1.64. The fourth-order valence-electron chi connectivity index (χ4n) is 3.27. The third-order valence-electron chi connectivity index (χ3n) is 4.20. The third-order valence-corrected chi connectivity index (χ3v) is 4.20. The van der Waals surface area contributed by atoms with E-state index in [0.29, 0.717) is 6.04 Å². The lowest BCUT2D eigenvalue weighted by Gasteiger charge is -2.13. The molecule has 0 radical (unpaired) electrons. The predicted molar refractivity (Wildman–Crippen MR) is 77.3 cm³/mol. The summed E-state index contributed by atoms with van der Waals surface area (Å²) in [7, 11) is 1.67. The van der Waals surface area contributed by atoms with Crippen LogP contribution in [0.5, 0.6) is 5.75 Å². The number of hydrogen-bond donors (Lipinski definition) is 1. The molecule has 3 aromatic rings. The van der Waals surface area contributed by atoms with Gasteiger partial charge in [-0.25, -0.2) is 0 Å². The zero-order chi connectivity index (χ0) is 13.5. The number of benzene rings is 1. The molecule has 1 aliphatic heterocycles. The molecule has 20 heavy (non-hydrogen) atoms. The molecule has 2 aromatic heterocycles. The molecule has 1 unspecified atom stereocenters. The Morgan fingerprint density at radius 1 is 1.20 bits per heavy atom. The highest BCUT2D eigenvalue weighted by Gasteiger charge is 2.23. The summed E-state index contributed by atoms with van der Waals surface area (Å²) in [6.07, 6.45) is 6.86. The van der Waals surface area contributed by atoms with Crippen LogP contribution in [0.15, 0.2) is 33.5 Å². The van der Waals surface area contributed by atoms with Gasteiger partial charge in [-0.2, -0.15) is 0 Å². The number of rotatable bonds is 3. The van der Waals surface area contributed by atoms with Gasteiger partial charge in [-0.1, -0.05) is 0 Å². The maximum Gasteiger partial charge on any atom is 0.176 e. The number of methoxy groups -OCH3 is 1. The quantitative estimate of drug-likeness (QED) is 0.792. The molecule has 1 aliphatic rings. The van der Waals surface area contributed by atoms with E-state index in [1.54, 1.807) is 19.6 Å². The molecule has 0 spiro atoms. The summed E-state index contributed by atoms with van der Waals surface area (Å²) in [5.41, 5.74) is 2.95. The summed E-state index contributed by atoms with van der Waals surface area (Å²) in [5, 5.41) is 5.63. The highest BCUT2D eigenvalue weighted by atomic mass is 16.5. The van der Waals surface area contributed by atoms with Gasteiger partial charge in [-0.3, -0.25) is 0 Å². The van der Waals surface area contributed by atoms with Crippen molar-refractivity contribution < 1.29 is 13.6 Å². The first-order valence-electron chi connectivity index (χ1n) is 7.05. The highest BCUT2D eigenvalue weighted by molar-refractivity contribution is 6.04. The van der Waals surface area contributed by atoms with Crippen LogP contribution in [0, 0.1) is 0 Å². The van der Waals surface area contributed by atoms with E-state index in [-0.39, 0.29) is 0 Å². The molecule has 1 atom stereocenters. The molecule has 0 saturated carbocycles. The van der Waals surface area contributed by atoms with Crippen molar-refractivity contribution in [2.24, 2.45) is 0 Å². The molecule has 1 saturated heterocycles. The first-order valence-corrected chi connectivity index (χ1v) is 7.05. The van der Waals surface area contributed by atoms with Crippen molar-refractivity contribution in [3.05, 3.63) is 30.2 Å². The number of ether oxygens (including phenoxy) is 1. The van der Waals surface area contributed by atoms with Gasteiger partial charge >= 0.3 is 0 Å². The van der Waals surface area contributed by atoms with E-state index in [1.165, 1.54) is 18.4 Å². The molecule has 4 rings (SSSR count). The van der Waals surface area contributed by atoms with Gasteiger partial charge < -0.3 is 18.9 Å². The minimum absolute atomic E-state index is 0.523. The van der Waals surface area contributed by atoms with Gasteiger partial charge in [-0.15, -0.1) is 0 Å². The number of fused-ring (bicyclic) bond motifs is 2. The summed E-state index contributed by atoms with van der Waals surface area (Å²) in [4.78, 5) is 0. The van der Waals surface area contributed by atoms with E-state index in [0.717, 1.165) is 40.7 Å². The Balaban J connectivity index is 1.95.